The molecule has 0 spiro atoms. The van der Waals surface area contributed by atoms with Gasteiger partial charge in [0.15, 0.2) is 0 Å². The van der Waals surface area contributed by atoms with Gasteiger partial charge in [-0.05, 0) is 66.7 Å². The topological polar surface area (TPSA) is 216 Å². The molecule has 57 heavy (non-hydrogen) atoms. The van der Waals surface area contributed by atoms with E-state index in [1.165, 1.54) is 7.11 Å². The van der Waals surface area contributed by atoms with Crippen LogP contribution in [0.2, 0.25) is 0 Å². The number of hydrogen-bond acceptors (Lipinski definition) is 10. The Balaban J connectivity index is 1.01. The molecular formula is C41H52N12O4. The summed E-state index contributed by atoms with van der Waals surface area (Å²) < 4.78 is 4.76. The first-order valence-corrected chi connectivity index (χ1v) is 19.6. The van der Waals surface area contributed by atoms with Crippen LogP contribution >= 0.6 is 0 Å². The number of aromatic amines is 3. The number of carbonyl (C=O) groups is 3. The van der Waals surface area contributed by atoms with Crippen LogP contribution in [0.4, 0.5) is 16.7 Å². The molecule has 0 bridgehead atoms. The van der Waals surface area contributed by atoms with Crippen LogP contribution in [0.15, 0.2) is 60.9 Å². The Labute approximate surface area is 331 Å². The molecule has 2 aliphatic heterocycles. The zero-order valence-electron chi connectivity index (χ0n) is 33.3. The zero-order chi connectivity index (χ0) is 40.4. The second kappa shape index (κ2) is 16.1. The second-order valence-corrected chi connectivity index (χ2v) is 15.8. The molecule has 2 saturated heterocycles. The van der Waals surface area contributed by atoms with Crippen molar-refractivity contribution in [3.63, 3.8) is 0 Å². The van der Waals surface area contributed by atoms with Gasteiger partial charge in [0.2, 0.25) is 23.7 Å². The first-order chi connectivity index (χ1) is 27.4. The van der Waals surface area contributed by atoms with Crippen molar-refractivity contribution in [2.24, 2.45) is 11.8 Å². The van der Waals surface area contributed by atoms with Crippen molar-refractivity contribution in [1.82, 2.24) is 50.2 Å². The molecule has 300 valence electrons. The number of likely N-dealkylation sites (tertiary alicyclic amines) is 2. The smallest absolute Gasteiger partial charge is 0.407 e. The highest BCUT2D eigenvalue weighted by atomic mass is 16.5. The number of nitrogen functional groups attached to an aromatic ring is 1. The monoisotopic (exact) mass is 776 g/mol. The molecule has 2 aliphatic rings. The average molecular weight is 777 g/mol. The maximum absolute atomic E-state index is 14.0. The summed E-state index contributed by atoms with van der Waals surface area (Å²) in [5, 5.41) is 12.6. The molecule has 0 unspecified atom stereocenters. The number of nitrogens with zero attached hydrogens (tertiary/aromatic N) is 6. The summed E-state index contributed by atoms with van der Waals surface area (Å²) in [4.78, 5) is 63.8. The molecular weight excluding hydrogens is 725 g/mol. The van der Waals surface area contributed by atoms with Gasteiger partial charge in [-0.3, -0.25) is 9.59 Å². The van der Waals surface area contributed by atoms with Crippen LogP contribution in [-0.4, -0.2) is 95.1 Å². The lowest BCUT2D eigenvalue weighted by molar-refractivity contribution is -0.137. The largest absolute Gasteiger partial charge is 0.453 e. The van der Waals surface area contributed by atoms with E-state index in [-0.39, 0.29) is 35.6 Å². The van der Waals surface area contributed by atoms with E-state index < -0.39 is 23.7 Å². The second-order valence-electron chi connectivity index (χ2n) is 15.8. The number of amides is 3. The van der Waals surface area contributed by atoms with Gasteiger partial charge >= 0.3 is 6.09 Å². The van der Waals surface area contributed by atoms with E-state index >= 15 is 0 Å². The summed E-state index contributed by atoms with van der Waals surface area (Å²) in [6.45, 7) is 11.1. The maximum Gasteiger partial charge on any atom is 0.407 e. The third-order valence-electron chi connectivity index (χ3n) is 11.3. The molecule has 7 rings (SSSR count). The maximum atomic E-state index is 14.0. The molecule has 7 N–H and O–H groups in total. The first-order valence-electron chi connectivity index (χ1n) is 19.6. The summed E-state index contributed by atoms with van der Waals surface area (Å²) in [6.07, 6.45) is 6.30. The fourth-order valence-corrected chi connectivity index (χ4v) is 7.99. The van der Waals surface area contributed by atoms with E-state index in [2.05, 4.69) is 96.2 Å². The van der Waals surface area contributed by atoms with Gasteiger partial charge in [0, 0.05) is 13.1 Å². The average Bonchev–Trinajstić information content (AvgIpc) is 4.06. The van der Waals surface area contributed by atoms with Gasteiger partial charge in [-0.25, -0.2) is 19.9 Å². The van der Waals surface area contributed by atoms with Gasteiger partial charge < -0.3 is 40.9 Å². The lowest BCUT2D eigenvalue weighted by Gasteiger charge is -2.37. The molecule has 16 nitrogen and oxygen atoms in total. The number of benzene rings is 2. The predicted octanol–water partition coefficient (Wildman–Crippen LogP) is 5.85. The Kier molecular flexibility index (Phi) is 11.0. The normalized spacial score (nSPS) is 19.3. The van der Waals surface area contributed by atoms with Gasteiger partial charge in [-0.1, -0.05) is 76.2 Å². The predicted molar refractivity (Wildman–Crippen MR) is 216 cm³/mol. The van der Waals surface area contributed by atoms with Crippen LogP contribution in [-0.2, 0) is 19.9 Å². The van der Waals surface area contributed by atoms with Crippen molar-refractivity contribution in [3.8, 4) is 33.6 Å². The SMILES string of the molecule is COC(=O)N[C@H](C(=O)N1CCC[C@@H]1c1ncc(-c2ccc(-c3ccc(-c4cnc([C@@]5(C)CCCN5C(=O)[C@@H](Nc5n[nH]c(N)n5)C(C)C)[nH]4)cc3)cc2)[nH]1)C(C)C. The van der Waals surface area contributed by atoms with E-state index in [0.717, 1.165) is 71.0 Å². The number of anilines is 2. The minimum absolute atomic E-state index is 0.0169. The van der Waals surface area contributed by atoms with E-state index in [9.17, 15) is 14.4 Å². The number of imidazole rings is 2. The van der Waals surface area contributed by atoms with E-state index in [1.807, 2.05) is 43.7 Å². The quantitative estimate of drug-likeness (QED) is 0.0888. The first kappa shape index (κ1) is 39.1. The minimum atomic E-state index is -0.686. The summed E-state index contributed by atoms with van der Waals surface area (Å²) in [6, 6.07) is 15.2. The number of carbonyl (C=O) groups excluding carboxylic acids is 3. The summed E-state index contributed by atoms with van der Waals surface area (Å²) >= 11 is 0. The molecule has 4 atom stereocenters. The Morgan fingerprint density at radius 3 is 2.05 bits per heavy atom. The van der Waals surface area contributed by atoms with Gasteiger partial charge in [0.1, 0.15) is 23.7 Å². The molecule has 5 heterocycles. The van der Waals surface area contributed by atoms with Crippen molar-refractivity contribution in [2.75, 3.05) is 31.2 Å². The van der Waals surface area contributed by atoms with Gasteiger partial charge in [0.05, 0.1) is 42.5 Å². The van der Waals surface area contributed by atoms with E-state index in [4.69, 9.17) is 15.5 Å². The lowest BCUT2D eigenvalue weighted by atomic mass is 9.95. The van der Waals surface area contributed by atoms with Crippen molar-refractivity contribution in [3.05, 3.63) is 72.6 Å². The summed E-state index contributed by atoms with van der Waals surface area (Å²) in [5.41, 5.74) is 10.9. The summed E-state index contributed by atoms with van der Waals surface area (Å²) in [5.74, 6) is 1.66. The van der Waals surface area contributed by atoms with Crippen molar-refractivity contribution >= 4 is 29.8 Å². The van der Waals surface area contributed by atoms with Crippen molar-refractivity contribution in [1.29, 1.82) is 0 Å². The number of H-pyrrole nitrogens is 3. The molecule has 0 radical (unpaired) electrons. The van der Waals surface area contributed by atoms with Crippen molar-refractivity contribution < 1.29 is 19.1 Å². The number of alkyl carbamates (subject to hydrolysis) is 1. The van der Waals surface area contributed by atoms with Gasteiger partial charge in [-0.15, -0.1) is 5.10 Å². The lowest BCUT2D eigenvalue weighted by Crippen LogP contribution is -2.51. The number of nitrogens with two attached hydrogens (primary N) is 1. The molecule has 2 fully saturated rings. The molecule has 0 aliphatic carbocycles. The fraction of sp³-hybridized carbons (Fsp3) is 0.439. The fourth-order valence-electron chi connectivity index (χ4n) is 7.99. The third kappa shape index (κ3) is 7.93. The van der Waals surface area contributed by atoms with E-state index in [1.54, 1.807) is 6.20 Å². The zero-order valence-corrected chi connectivity index (χ0v) is 33.3. The standard InChI is InChI=1S/C41H52N12O4/c1-23(2)32(48-40(56)57-6)35(54)52-19-7-9-31(52)34-43-21-29(45-34)27-14-10-25(11-15-27)26-12-16-28(17-13-26)30-22-44-37(46-30)41(5)18-8-20-53(41)36(55)33(24(3)4)47-39-49-38(42)50-51-39/h10-17,21-24,31-33H,7-9,18-20H2,1-6H3,(H,43,45)(H,44,46)(H,48,56)(H4,42,47,49,50,51)/t31-,32+,33+,41-/m1/s1. The van der Waals surface area contributed by atoms with Crippen LogP contribution in [0.3, 0.4) is 0 Å². The van der Waals surface area contributed by atoms with Crippen LogP contribution in [0.25, 0.3) is 33.6 Å². The van der Waals surface area contributed by atoms with Crippen LogP contribution in [0.5, 0.6) is 0 Å². The number of aromatic nitrogens is 7. The molecule has 5 aromatic rings. The van der Waals surface area contributed by atoms with E-state index in [0.29, 0.717) is 19.0 Å². The number of methoxy groups -OCH3 is 1. The highest BCUT2D eigenvalue weighted by Gasteiger charge is 2.46. The minimum Gasteiger partial charge on any atom is -0.453 e. The van der Waals surface area contributed by atoms with Crippen LogP contribution < -0.4 is 16.4 Å². The molecule has 3 amide bonds. The molecule has 16 heteroatoms. The van der Waals surface area contributed by atoms with Crippen LogP contribution in [0.1, 0.15) is 78.0 Å². The van der Waals surface area contributed by atoms with Crippen LogP contribution in [0, 0.1) is 11.8 Å². The number of rotatable bonds is 12. The van der Waals surface area contributed by atoms with Crippen molar-refractivity contribution in [2.45, 2.75) is 84.0 Å². The highest BCUT2D eigenvalue weighted by Crippen LogP contribution is 2.39. The molecule has 3 aromatic heterocycles. The molecule has 0 saturated carbocycles. The Hall–Kier alpha value is -6.19. The summed E-state index contributed by atoms with van der Waals surface area (Å²) in [7, 11) is 1.29. The molecule has 2 aromatic carbocycles. The third-order valence-corrected chi connectivity index (χ3v) is 11.3. The van der Waals surface area contributed by atoms with Gasteiger partial charge in [0.25, 0.3) is 0 Å². The highest BCUT2D eigenvalue weighted by molar-refractivity contribution is 5.87. The number of nitrogens with one attached hydrogen (secondary N) is 5. The Morgan fingerprint density at radius 2 is 1.46 bits per heavy atom. The number of hydrogen-bond donors (Lipinski definition) is 6. The van der Waals surface area contributed by atoms with Gasteiger partial charge in [-0.2, -0.15) is 4.98 Å². The Morgan fingerprint density at radius 1 is 0.842 bits per heavy atom. The number of ether oxygens (including phenoxy) is 1. The Bertz CT molecular complexity index is 2190.